The molecule has 0 aliphatic heterocycles. The van der Waals surface area contributed by atoms with Crippen molar-refractivity contribution in [1.29, 1.82) is 0 Å². The predicted molar refractivity (Wildman–Crippen MR) is 205 cm³/mol. The lowest BCUT2D eigenvalue weighted by Crippen LogP contribution is -2.56. The van der Waals surface area contributed by atoms with E-state index in [1.165, 1.54) is 12.5 Å². The average molecular weight is 772 g/mol. The Morgan fingerprint density at radius 2 is 1.47 bits per heavy atom. The van der Waals surface area contributed by atoms with Crippen molar-refractivity contribution < 1.29 is 57.9 Å². The molecule has 1 amide bonds. The highest BCUT2D eigenvalue weighted by molar-refractivity contribution is 5.95. The van der Waals surface area contributed by atoms with Crippen molar-refractivity contribution in [1.82, 2.24) is 5.32 Å². The number of allylic oxidation sites excluding steroid dienone is 1. The van der Waals surface area contributed by atoms with Crippen molar-refractivity contribution in [2.75, 3.05) is 20.5 Å². The fourth-order valence-electron chi connectivity index (χ4n) is 5.45. The molecule has 0 saturated heterocycles. The molecule has 0 aliphatic carbocycles. The molecule has 3 N–H and O–H groups in total. The molecule has 55 heavy (non-hydrogen) atoms. The van der Waals surface area contributed by atoms with Crippen molar-refractivity contribution in [2.45, 2.75) is 136 Å². The number of ether oxygens (including phenoxy) is 4. The monoisotopic (exact) mass is 771 g/mol. The lowest BCUT2D eigenvalue weighted by atomic mass is 9.82. The quantitative estimate of drug-likeness (QED) is 0.0310. The Hall–Kier alpha value is -4.70. The first kappa shape index (κ1) is 48.3. The fourth-order valence-corrected chi connectivity index (χ4v) is 5.45. The van der Waals surface area contributed by atoms with Crippen LogP contribution in [0, 0.1) is 23.2 Å². The van der Waals surface area contributed by atoms with Crippen molar-refractivity contribution in [3.05, 3.63) is 42.0 Å². The van der Waals surface area contributed by atoms with Crippen LogP contribution in [0.1, 0.15) is 124 Å². The first-order valence-corrected chi connectivity index (χ1v) is 19.1. The Kier molecular flexibility index (Phi) is 23.0. The van der Waals surface area contributed by atoms with E-state index in [2.05, 4.69) is 24.1 Å². The molecule has 1 aromatic carbocycles. The van der Waals surface area contributed by atoms with Gasteiger partial charge in [0.15, 0.2) is 5.60 Å². The summed E-state index contributed by atoms with van der Waals surface area (Å²) in [6.45, 7) is 7.80. The number of carbonyl (C=O) groups excluding carboxylic acids is 5. The van der Waals surface area contributed by atoms with E-state index in [1.807, 2.05) is 0 Å². The molecule has 1 aromatic rings. The summed E-state index contributed by atoms with van der Waals surface area (Å²) in [5, 5.41) is 23.9. The topological polar surface area (TPSA) is 192 Å². The summed E-state index contributed by atoms with van der Waals surface area (Å²) >= 11 is 0. The third-order valence-corrected chi connectivity index (χ3v) is 8.68. The molecule has 13 nitrogen and oxygen atoms in total. The maximum absolute atomic E-state index is 13.9. The molecule has 1 rings (SSSR count). The smallest absolute Gasteiger partial charge is 0.342 e. The van der Waals surface area contributed by atoms with Gasteiger partial charge in [-0.1, -0.05) is 75.7 Å². The minimum atomic E-state index is -2.97. The fraction of sp³-hybridized carbons (Fsp3) is 0.619. The first-order chi connectivity index (χ1) is 26.1. The number of carboxylic acid groups (broad SMARTS) is 1. The number of hydrogen-bond acceptors (Lipinski definition) is 11. The molecule has 306 valence electrons. The number of Topliss-reactive ketones (excluding diaryl/α,β-unsaturated/α-hetero) is 1. The number of carbonyl (C=O) groups is 6. The molecular weight excluding hydrogens is 710 g/mol. The Morgan fingerprint density at radius 1 is 0.873 bits per heavy atom. The molecule has 0 heterocycles. The molecule has 0 aromatic heterocycles. The van der Waals surface area contributed by atoms with Gasteiger partial charge in [0, 0.05) is 19.3 Å². The number of amides is 1. The highest BCUT2D eigenvalue weighted by Crippen LogP contribution is 2.28. The number of esters is 3. The highest BCUT2D eigenvalue weighted by atomic mass is 16.7. The number of rotatable bonds is 27. The van der Waals surface area contributed by atoms with Crippen LogP contribution < -0.4 is 10.1 Å². The van der Waals surface area contributed by atoms with E-state index in [9.17, 15) is 39.0 Å². The Balaban J connectivity index is 3.17. The zero-order valence-electron chi connectivity index (χ0n) is 33.4. The van der Waals surface area contributed by atoms with E-state index in [1.54, 1.807) is 58.0 Å². The van der Waals surface area contributed by atoms with Crippen molar-refractivity contribution in [2.24, 2.45) is 11.3 Å². The predicted octanol–water partition coefficient (Wildman–Crippen LogP) is 6.03. The van der Waals surface area contributed by atoms with E-state index in [0.717, 1.165) is 52.1 Å². The van der Waals surface area contributed by atoms with E-state index < -0.39 is 66.0 Å². The standard InChI is InChI=1S/C42H61NO12/c1-7-9-11-14-17-20-32(44)21-18-15-12-13-16-19-22-34(42(51,29-36(45)46)40(50)55-30-54-39(49)41(3,4)5)37(47)43-35(38(48)52-6)28-31-23-25-33(26-24-31)53-27-10-8-2/h19,22-26,34-35,51H,7,9,11-18,20-21,27-30H2,1-6H3,(H,43,47)(H,45,46)/b22-19+/t34-,35+,42+/m1/s1. The van der Waals surface area contributed by atoms with Gasteiger partial charge in [0.25, 0.3) is 0 Å². The number of carboxylic acids is 1. The summed E-state index contributed by atoms with van der Waals surface area (Å²) in [5.41, 5.74) is -3.32. The summed E-state index contributed by atoms with van der Waals surface area (Å²) in [5.74, 6) is -1.30. The third-order valence-electron chi connectivity index (χ3n) is 8.68. The van der Waals surface area contributed by atoms with Gasteiger partial charge in [-0.2, -0.15) is 0 Å². The molecule has 0 unspecified atom stereocenters. The van der Waals surface area contributed by atoms with Crippen LogP contribution in [0.2, 0.25) is 0 Å². The Bertz CT molecular complexity index is 1470. The summed E-state index contributed by atoms with van der Waals surface area (Å²) in [7, 11) is 1.13. The molecule has 3 atom stereocenters. The minimum absolute atomic E-state index is 0.0597. The van der Waals surface area contributed by atoms with Gasteiger partial charge in [0.2, 0.25) is 12.7 Å². The number of unbranched alkanes of at least 4 members (excludes halogenated alkanes) is 8. The summed E-state index contributed by atoms with van der Waals surface area (Å²) in [4.78, 5) is 76.6. The first-order valence-electron chi connectivity index (χ1n) is 19.1. The summed E-state index contributed by atoms with van der Waals surface area (Å²) in [6, 6.07) is 5.38. The number of ketones is 1. The van der Waals surface area contributed by atoms with Crippen LogP contribution in [0.25, 0.3) is 0 Å². The largest absolute Gasteiger partial charge is 0.481 e. The maximum Gasteiger partial charge on any atom is 0.342 e. The molecule has 0 aliphatic rings. The molecule has 0 fully saturated rings. The normalized spacial score (nSPS) is 13.4. The van der Waals surface area contributed by atoms with E-state index in [0.29, 0.717) is 37.0 Å². The molecule has 0 saturated carbocycles. The van der Waals surface area contributed by atoms with Crippen LogP contribution in [0.5, 0.6) is 5.75 Å². The lowest BCUT2D eigenvalue weighted by molar-refractivity contribution is -0.192. The SMILES string of the molecule is CC#CCOc1ccc(C[C@H](NC(=O)[C@@H](/C=C/CCCCCCC(=O)CCCCCCC)[C@@](O)(CC(=O)O)C(=O)OCOC(=O)C(C)(C)C)C(=O)OC)cc1. The van der Waals surface area contributed by atoms with Gasteiger partial charge < -0.3 is 34.5 Å². The Labute approximate surface area is 325 Å². The van der Waals surface area contributed by atoms with Gasteiger partial charge in [-0.25, -0.2) is 9.59 Å². The van der Waals surface area contributed by atoms with Crippen molar-refractivity contribution >= 4 is 35.6 Å². The average Bonchev–Trinajstić information content (AvgIpc) is 3.13. The minimum Gasteiger partial charge on any atom is -0.481 e. The van der Waals surface area contributed by atoms with Crippen LogP contribution >= 0.6 is 0 Å². The molecule has 0 spiro atoms. The van der Waals surface area contributed by atoms with Crippen LogP contribution in [0.3, 0.4) is 0 Å². The maximum atomic E-state index is 13.9. The zero-order valence-corrected chi connectivity index (χ0v) is 33.4. The van der Waals surface area contributed by atoms with Crippen LogP contribution in [0.15, 0.2) is 36.4 Å². The van der Waals surface area contributed by atoms with Crippen LogP contribution in [-0.4, -0.2) is 77.9 Å². The van der Waals surface area contributed by atoms with E-state index >= 15 is 0 Å². The second-order valence-electron chi connectivity index (χ2n) is 14.4. The molecular formula is C42H61NO12. The third kappa shape index (κ3) is 19.5. The second kappa shape index (κ2) is 26.2. The lowest BCUT2D eigenvalue weighted by Gasteiger charge is -2.31. The van der Waals surface area contributed by atoms with Gasteiger partial charge in [-0.15, -0.1) is 5.92 Å². The van der Waals surface area contributed by atoms with Gasteiger partial charge in [-0.3, -0.25) is 19.2 Å². The van der Waals surface area contributed by atoms with Crippen LogP contribution in [-0.2, 0) is 49.4 Å². The van der Waals surface area contributed by atoms with Gasteiger partial charge in [-0.05, 0) is 71.1 Å². The van der Waals surface area contributed by atoms with Crippen LogP contribution in [0.4, 0.5) is 0 Å². The highest BCUT2D eigenvalue weighted by Gasteiger charge is 2.50. The Morgan fingerprint density at radius 3 is 2.04 bits per heavy atom. The molecule has 13 heteroatoms. The van der Waals surface area contributed by atoms with Crippen molar-refractivity contribution in [3.63, 3.8) is 0 Å². The number of aliphatic carboxylic acids is 1. The number of hydrogen-bond donors (Lipinski definition) is 3. The molecule has 0 radical (unpaired) electrons. The second-order valence-corrected chi connectivity index (χ2v) is 14.4. The number of nitrogens with one attached hydrogen (secondary N) is 1. The number of benzene rings is 1. The van der Waals surface area contributed by atoms with Crippen molar-refractivity contribution in [3.8, 4) is 17.6 Å². The van der Waals surface area contributed by atoms with Gasteiger partial charge >= 0.3 is 23.9 Å². The van der Waals surface area contributed by atoms with Gasteiger partial charge in [0.05, 0.1) is 24.9 Å². The summed E-state index contributed by atoms with van der Waals surface area (Å²) in [6.07, 6.45) is 11.4. The number of methoxy groups -OCH3 is 1. The van der Waals surface area contributed by atoms with E-state index in [4.69, 9.17) is 18.9 Å². The summed E-state index contributed by atoms with van der Waals surface area (Å²) < 4.78 is 20.4. The zero-order chi connectivity index (χ0) is 41.3. The van der Waals surface area contributed by atoms with Gasteiger partial charge in [0.1, 0.15) is 24.2 Å². The van der Waals surface area contributed by atoms with E-state index in [-0.39, 0.29) is 18.8 Å². The molecule has 0 bridgehead atoms. The number of aliphatic hydroxyl groups is 1.